The van der Waals surface area contributed by atoms with E-state index in [0.29, 0.717) is 24.7 Å². The number of nitrogens with zero attached hydrogens (tertiary/aromatic N) is 2. The van der Waals surface area contributed by atoms with Crippen molar-refractivity contribution in [2.24, 2.45) is 0 Å². The number of fused-ring (bicyclic) bond motifs is 2. The fourth-order valence-electron chi connectivity index (χ4n) is 4.28. The highest BCUT2D eigenvalue weighted by atomic mass is 19.4. The zero-order valence-electron chi connectivity index (χ0n) is 15.5. The minimum absolute atomic E-state index is 0.00502. The number of alkyl halides is 6. The Labute approximate surface area is 168 Å². The number of rotatable bonds is 3. The summed E-state index contributed by atoms with van der Waals surface area (Å²) in [5, 5.41) is 9.92. The minimum atomic E-state index is -4.56. The summed E-state index contributed by atoms with van der Waals surface area (Å²) in [6.45, 7) is 0. The molecule has 1 aromatic carbocycles. The van der Waals surface area contributed by atoms with E-state index in [4.69, 9.17) is 4.74 Å². The SMILES string of the molecule is Oc1cc(C(F)(F)F)ccc1O[C@H]1C[C@H]2CC[C@@H](C1)N2c1ccc(C(F)(F)F)cn1. The summed E-state index contributed by atoms with van der Waals surface area (Å²) in [6, 6.07) is 4.94. The number of phenols is 1. The Morgan fingerprint density at radius 1 is 0.900 bits per heavy atom. The molecule has 2 aliphatic heterocycles. The number of benzene rings is 1. The molecule has 2 aliphatic rings. The Hall–Kier alpha value is -2.65. The largest absolute Gasteiger partial charge is 0.504 e. The summed E-state index contributed by atoms with van der Waals surface area (Å²) in [4.78, 5) is 5.98. The average molecular weight is 432 g/mol. The van der Waals surface area contributed by atoms with Crippen LogP contribution in [0.1, 0.15) is 36.8 Å². The standard InChI is InChI=1S/C20H18F6N2O2/c21-19(22,23)11-1-5-17(16(29)7-11)30-15-8-13-3-4-14(9-15)28(13)18-6-2-12(10-27-18)20(24,25)26/h1-2,5-7,10,13-15,29H,3-4,8-9H2/t13-,14+,15+. The van der Waals surface area contributed by atoms with Crippen LogP contribution in [0.5, 0.6) is 11.5 Å². The van der Waals surface area contributed by atoms with Gasteiger partial charge in [-0.1, -0.05) is 0 Å². The fourth-order valence-corrected chi connectivity index (χ4v) is 4.28. The van der Waals surface area contributed by atoms with Gasteiger partial charge in [-0.05, 0) is 43.2 Å². The first-order valence-corrected chi connectivity index (χ1v) is 9.41. The summed E-state index contributed by atoms with van der Waals surface area (Å²) in [6.07, 6.45) is -5.84. The highest BCUT2D eigenvalue weighted by molar-refractivity contribution is 5.46. The Kier molecular flexibility index (Phi) is 4.98. The molecule has 0 unspecified atom stereocenters. The second-order valence-electron chi connectivity index (χ2n) is 7.59. The van der Waals surface area contributed by atoms with Gasteiger partial charge in [0.2, 0.25) is 0 Å². The first-order chi connectivity index (χ1) is 14.0. The van der Waals surface area contributed by atoms with E-state index >= 15 is 0 Å². The molecule has 1 N–H and O–H groups in total. The van der Waals surface area contributed by atoms with Crippen LogP contribution >= 0.6 is 0 Å². The van der Waals surface area contributed by atoms with Crippen LogP contribution in [0.3, 0.4) is 0 Å². The van der Waals surface area contributed by atoms with Crippen LogP contribution in [0.25, 0.3) is 0 Å². The molecule has 1 aromatic heterocycles. The van der Waals surface area contributed by atoms with Gasteiger partial charge in [-0.25, -0.2) is 4.98 Å². The summed E-state index contributed by atoms with van der Waals surface area (Å²) in [7, 11) is 0. The second kappa shape index (κ2) is 7.24. The summed E-state index contributed by atoms with van der Waals surface area (Å²) in [5.74, 6) is -0.135. The molecule has 2 saturated heterocycles. The molecule has 10 heteroatoms. The van der Waals surface area contributed by atoms with Gasteiger partial charge in [0.05, 0.1) is 11.1 Å². The maximum atomic E-state index is 12.8. The van der Waals surface area contributed by atoms with E-state index in [1.165, 1.54) is 6.07 Å². The van der Waals surface area contributed by atoms with E-state index < -0.39 is 29.2 Å². The van der Waals surface area contributed by atoms with Gasteiger partial charge < -0.3 is 14.7 Å². The number of ether oxygens (including phenoxy) is 1. The third-order valence-corrected chi connectivity index (χ3v) is 5.61. The van der Waals surface area contributed by atoms with Crippen LogP contribution in [0.2, 0.25) is 0 Å². The molecule has 162 valence electrons. The zero-order chi connectivity index (χ0) is 21.7. The van der Waals surface area contributed by atoms with Gasteiger partial charge in [-0.2, -0.15) is 26.3 Å². The van der Waals surface area contributed by atoms with Gasteiger partial charge >= 0.3 is 12.4 Å². The van der Waals surface area contributed by atoms with Crippen molar-refractivity contribution in [3.63, 3.8) is 0 Å². The number of aromatic nitrogens is 1. The molecule has 2 bridgehead atoms. The average Bonchev–Trinajstić information content (AvgIpc) is 2.92. The lowest BCUT2D eigenvalue weighted by molar-refractivity contribution is -0.138. The van der Waals surface area contributed by atoms with Crippen molar-refractivity contribution in [1.29, 1.82) is 0 Å². The fraction of sp³-hybridized carbons (Fsp3) is 0.450. The summed E-state index contributed by atoms with van der Waals surface area (Å²) in [5.41, 5.74) is -1.77. The number of phenolic OH excluding ortho intramolecular Hbond substituents is 1. The van der Waals surface area contributed by atoms with Crippen LogP contribution in [0.4, 0.5) is 32.2 Å². The molecule has 2 fully saturated rings. The number of anilines is 1. The molecule has 0 saturated carbocycles. The Bertz CT molecular complexity index is 899. The quantitative estimate of drug-likeness (QED) is 0.660. The molecule has 0 amide bonds. The monoisotopic (exact) mass is 432 g/mol. The predicted molar refractivity (Wildman–Crippen MR) is 95.3 cm³/mol. The van der Waals surface area contributed by atoms with Crippen molar-refractivity contribution in [3.8, 4) is 11.5 Å². The highest BCUT2D eigenvalue weighted by Gasteiger charge is 2.43. The maximum Gasteiger partial charge on any atom is 0.417 e. The van der Waals surface area contributed by atoms with E-state index in [-0.39, 0.29) is 23.9 Å². The predicted octanol–water partition coefficient (Wildman–Crippen LogP) is 5.40. The van der Waals surface area contributed by atoms with Crippen molar-refractivity contribution >= 4 is 5.82 Å². The molecule has 2 aromatic rings. The van der Waals surface area contributed by atoms with Crippen molar-refractivity contribution in [2.45, 2.75) is 56.2 Å². The van der Waals surface area contributed by atoms with Gasteiger partial charge in [0.15, 0.2) is 11.5 Å². The lowest BCUT2D eigenvalue weighted by Gasteiger charge is -2.39. The van der Waals surface area contributed by atoms with Crippen molar-refractivity contribution in [2.75, 3.05) is 4.90 Å². The molecule has 3 atom stereocenters. The number of hydrogen-bond acceptors (Lipinski definition) is 4. The third-order valence-electron chi connectivity index (χ3n) is 5.61. The number of piperidine rings is 1. The highest BCUT2D eigenvalue weighted by Crippen LogP contribution is 2.42. The van der Waals surface area contributed by atoms with E-state index in [1.54, 1.807) is 0 Å². The van der Waals surface area contributed by atoms with E-state index in [9.17, 15) is 31.4 Å². The minimum Gasteiger partial charge on any atom is -0.504 e. The van der Waals surface area contributed by atoms with Crippen LogP contribution < -0.4 is 9.64 Å². The number of aromatic hydroxyl groups is 1. The van der Waals surface area contributed by atoms with Crippen LogP contribution in [-0.2, 0) is 12.4 Å². The van der Waals surface area contributed by atoms with Crippen molar-refractivity contribution in [3.05, 3.63) is 47.7 Å². The first-order valence-electron chi connectivity index (χ1n) is 9.41. The van der Waals surface area contributed by atoms with Gasteiger partial charge in [0.1, 0.15) is 11.9 Å². The molecule has 4 rings (SSSR count). The van der Waals surface area contributed by atoms with E-state index in [2.05, 4.69) is 4.98 Å². The Morgan fingerprint density at radius 2 is 1.50 bits per heavy atom. The maximum absolute atomic E-state index is 12.8. The molecular weight excluding hydrogens is 414 g/mol. The molecule has 30 heavy (non-hydrogen) atoms. The van der Waals surface area contributed by atoms with Crippen LogP contribution in [-0.4, -0.2) is 28.3 Å². The molecule has 0 aliphatic carbocycles. The van der Waals surface area contributed by atoms with Gasteiger partial charge in [-0.3, -0.25) is 0 Å². The molecule has 3 heterocycles. The van der Waals surface area contributed by atoms with Crippen molar-refractivity contribution in [1.82, 2.24) is 4.98 Å². The van der Waals surface area contributed by atoms with Crippen LogP contribution in [0, 0.1) is 0 Å². The van der Waals surface area contributed by atoms with Gasteiger partial charge in [-0.15, -0.1) is 0 Å². The first kappa shape index (κ1) is 20.6. The number of hydrogen-bond donors (Lipinski definition) is 1. The van der Waals surface area contributed by atoms with Gasteiger partial charge in [0.25, 0.3) is 0 Å². The lowest BCUT2D eigenvalue weighted by Crippen LogP contribution is -2.46. The lowest BCUT2D eigenvalue weighted by atomic mass is 9.99. The number of pyridine rings is 1. The van der Waals surface area contributed by atoms with Crippen LogP contribution in [0.15, 0.2) is 36.5 Å². The zero-order valence-corrected chi connectivity index (χ0v) is 15.5. The topological polar surface area (TPSA) is 45.6 Å². The summed E-state index contributed by atoms with van der Waals surface area (Å²) < 4.78 is 82.2. The molecule has 0 radical (unpaired) electrons. The normalized spacial score (nSPS) is 24.2. The Balaban J connectivity index is 1.46. The number of halogens is 6. The molecule has 4 nitrogen and oxygen atoms in total. The molecular formula is C20H18F6N2O2. The van der Waals surface area contributed by atoms with Crippen molar-refractivity contribution < 1.29 is 36.2 Å². The smallest absolute Gasteiger partial charge is 0.417 e. The third kappa shape index (κ3) is 3.99. The van der Waals surface area contributed by atoms with E-state index in [0.717, 1.165) is 37.2 Å². The second-order valence-corrected chi connectivity index (χ2v) is 7.59. The van der Waals surface area contributed by atoms with E-state index in [1.807, 2.05) is 4.90 Å². The molecule has 0 spiro atoms. The Morgan fingerprint density at radius 3 is 2.00 bits per heavy atom. The summed E-state index contributed by atoms with van der Waals surface area (Å²) >= 11 is 0. The van der Waals surface area contributed by atoms with Gasteiger partial charge in [0, 0.05) is 31.1 Å².